The molecule has 1 aliphatic heterocycles. The summed E-state index contributed by atoms with van der Waals surface area (Å²) in [5.41, 5.74) is -0.435. The molecular weight excluding hydrogens is 498 g/mol. The van der Waals surface area contributed by atoms with Gasteiger partial charge in [-0.05, 0) is 30.7 Å². The zero-order chi connectivity index (χ0) is 24.8. The van der Waals surface area contributed by atoms with Crippen LogP contribution in [0.2, 0.25) is 5.02 Å². The third-order valence-corrected chi connectivity index (χ3v) is 7.77. The van der Waals surface area contributed by atoms with Gasteiger partial charge in [0.1, 0.15) is 17.5 Å². The molecule has 0 saturated carbocycles. The maximum Gasteiger partial charge on any atom is 0.418 e. The van der Waals surface area contributed by atoms with E-state index in [-0.39, 0.29) is 23.9 Å². The normalized spacial score (nSPS) is 19.5. The maximum atomic E-state index is 13.5. The van der Waals surface area contributed by atoms with Gasteiger partial charge in [-0.1, -0.05) is 23.7 Å². The second kappa shape index (κ2) is 8.82. The number of nitrogens with zero attached hydrogens (tertiary/aromatic N) is 4. The minimum Gasteiger partial charge on any atom is -0.365 e. The van der Waals surface area contributed by atoms with Crippen LogP contribution in [0, 0.1) is 12.7 Å². The Balaban J connectivity index is 1.68. The fraction of sp³-hybridized carbons (Fsp3) is 0.333. The molecule has 3 heterocycles. The number of aryl methyl sites for hydroxylation is 2. The molecule has 0 radical (unpaired) electrons. The van der Waals surface area contributed by atoms with Crippen LogP contribution in [0.3, 0.4) is 0 Å². The van der Waals surface area contributed by atoms with Crippen molar-refractivity contribution in [2.24, 2.45) is 7.05 Å². The summed E-state index contributed by atoms with van der Waals surface area (Å²) in [5, 5.41) is 2.24. The summed E-state index contributed by atoms with van der Waals surface area (Å²) in [7, 11) is -2.32. The first-order valence-corrected chi connectivity index (χ1v) is 11.9. The van der Waals surface area contributed by atoms with Crippen LogP contribution in [0.25, 0.3) is 0 Å². The Morgan fingerprint density at radius 1 is 1.18 bits per heavy atom. The summed E-state index contributed by atoms with van der Waals surface area (Å²) in [6.45, 7) is 1.62. The molecule has 0 amide bonds. The molecule has 0 bridgehead atoms. The maximum absolute atomic E-state index is 13.5. The zero-order valence-corrected chi connectivity index (χ0v) is 19.6. The van der Waals surface area contributed by atoms with Crippen LogP contribution in [0.15, 0.2) is 47.8 Å². The third-order valence-electron chi connectivity index (χ3n) is 5.77. The number of pyridine rings is 1. The number of aromatic nitrogens is 3. The number of benzene rings is 1. The zero-order valence-electron chi connectivity index (χ0n) is 18.0. The minimum atomic E-state index is -4.69. The largest absolute Gasteiger partial charge is 0.418 e. The van der Waals surface area contributed by atoms with E-state index in [0.717, 1.165) is 12.3 Å². The van der Waals surface area contributed by atoms with Crippen LogP contribution in [-0.4, -0.2) is 46.4 Å². The molecule has 2 atom stereocenters. The quantitative estimate of drug-likeness (QED) is 0.513. The Hall–Kier alpha value is -2.70. The first-order chi connectivity index (χ1) is 15.9. The fourth-order valence-electron chi connectivity index (χ4n) is 3.87. The van der Waals surface area contributed by atoms with E-state index in [2.05, 4.69) is 15.3 Å². The van der Waals surface area contributed by atoms with Gasteiger partial charge in [0.15, 0.2) is 5.03 Å². The van der Waals surface area contributed by atoms with Gasteiger partial charge in [0, 0.05) is 44.5 Å². The first kappa shape index (κ1) is 24.4. The van der Waals surface area contributed by atoms with Gasteiger partial charge in [0.25, 0.3) is 10.0 Å². The summed E-state index contributed by atoms with van der Waals surface area (Å²) in [6.07, 6.45) is -2.40. The topological polar surface area (TPSA) is 80.1 Å². The number of hydrogen-bond donors (Lipinski definition) is 1. The highest BCUT2D eigenvalue weighted by molar-refractivity contribution is 7.89. The molecule has 1 saturated heterocycles. The number of sulfonamides is 1. The van der Waals surface area contributed by atoms with E-state index in [4.69, 9.17) is 11.6 Å². The van der Waals surface area contributed by atoms with Crippen LogP contribution in [0.1, 0.15) is 22.9 Å². The van der Waals surface area contributed by atoms with Gasteiger partial charge in [0.2, 0.25) is 0 Å². The fourth-order valence-corrected chi connectivity index (χ4v) is 5.59. The van der Waals surface area contributed by atoms with Crippen molar-refractivity contribution in [3.8, 4) is 0 Å². The molecule has 0 aliphatic carbocycles. The monoisotopic (exact) mass is 517 g/mol. The van der Waals surface area contributed by atoms with E-state index < -0.39 is 44.6 Å². The van der Waals surface area contributed by atoms with E-state index in [1.165, 1.54) is 34.8 Å². The summed E-state index contributed by atoms with van der Waals surface area (Å²) >= 11 is 5.66. The highest BCUT2D eigenvalue weighted by Crippen LogP contribution is 2.37. The number of halogens is 5. The molecule has 182 valence electrons. The Labute approximate surface area is 198 Å². The Morgan fingerprint density at radius 2 is 1.85 bits per heavy atom. The van der Waals surface area contributed by atoms with Crippen molar-refractivity contribution in [1.29, 1.82) is 0 Å². The van der Waals surface area contributed by atoms with Gasteiger partial charge >= 0.3 is 6.18 Å². The molecule has 1 N–H and O–H groups in total. The van der Waals surface area contributed by atoms with E-state index in [0.29, 0.717) is 11.4 Å². The molecule has 1 aromatic carbocycles. The van der Waals surface area contributed by atoms with E-state index in [1.807, 2.05) is 0 Å². The van der Waals surface area contributed by atoms with Crippen LogP contribution >= 0.6 is 11.6 Å². The van der Waals surface area contributed by atoms with Gasteiger partial charge in [-0.15, -0.1) is 0 Å². The molecule has 1 aliphatic rings. The van der Waals surface area contributed by atoms with Gasteiger partial charge in [-0.2, -0.15) is 17.5 Å². The van der Waals surface area contributed by atoms with Crippen LogP contribution in [0.5, 0.6) is 0 Å². The van der Waals surface area contributed by atoms with E-state index in [9.17, 15) is 26.0 Å². The minimum absolute atomic E-state index is 0.0149. The Kier molecular flexibility index (Phi) is 6.34. The van der Waals surface area contributed by atoms with Gasteiger partial charge in [0.05, 0.1) is 10.6 Å². The van der Waals surface area contributed by atoms with Gasteiger partial charge in [-0.3, -0.25) is 0 Å². The second-order valence-electron chi connectivity index (χ2n) is 8.02. The molecule has 2 aromatic heterocycles. The molecule has 34 heavy (non-hydrogen) atoms. The lowest BCUT2D eigenvalue weighted by molar-refractivity contribution is -0.137. The van der Waals surface area contributed by atoms with Crippen molar-refractivity contribution in [2.75, 3.05) is 18.4 Å². The molecule has 0 unspecified atom stereocenters. The first-order valence-electron chi connectivity index (χ1n) is 10.1. The van der Waals surface area contributed by atoms with E-state index >= 15 is 0 Å². The summed E-state index contributed by atoms with van der Waals surface area (Å²) < 4.78 is 82.6. The highest BCUT2D eigenvalue weighted by Gasteiger charge is 2.42. The lowest BCUT2D eigenvalue weighted by Crippen LogP contribution is -2.32. The van der Waals surface area contributed by atoms with Crippen LogP contribution in [0.4, 0.5) is 23.4 Å². The highest BCUT2D eigenvalue weighted by atomic mass is 35.5. The number of nitrogens with one attached hydrogen (secondary N) is 1. The van der Waals surface area contributed by atoms with Crippen molar-refractivity contribution in [2.45, 2.75) is 30.1 Å². The lowest BCUT2D eigenvalue weighted by Gasteiger charge is -2.21. The van der Waals surface area contributed by atoms with Gasteiger partial charge < -0.3 is 9.88 Å². The predicted octanol–water partition coefficient (Wildman–Crippen LogP) is 4.20. The van der Waals surface area contributed by atoms with Crippen molar-refractivity contribution in [3.63, 3.8) is 0 Å². The number of alkyl halides is 3. The second-order valence-corrected chi connectivity index (χ2v) is 10.3. The molecule has 3 aromatic rings. The van der Waals surface area contributed by atoms with Crippen molar-refractivity contribution in [3.05, 3.63) is 70.5 Å². The average Bonchev–Trinajstić information content (AvgIpc) is 3.33. The standard InChI is InChI=1S/C21H20ClF4N5O2S/c1-12-28-20(11-30(12)2)34(32,33)31-9-15(13-3-5-14(23)6-4-13)18(10-31)29-19-7-16(21(24,25)26)17(22)8-27-19/h3-8,11,15,18H,9-10H2,1-2H3,(H,27,29)/t15-,18+/m1/s1. The lowest BCUT2D eigenvalue weighted by atomic mass is 9.94. The molecule has 1 fully saturated rings. The summed E-state index contributed by atoms with van der Waals surface area (Å²) in [4.78, 5) is 8.04. The third kappa shape index (κ3) is 4.75. The Bertz CT molecular complexity index is 1290. The number of imidazole rings is 1. The molecular formula is C21H20ClF4N5O2S. The van der Waals surface area contributed by atoms with Crippen molar-refractivity contribution in [1.82, 2.24) is 18.8 Å². The van der Waals surface area contributed by atoms with Crippen LogP contribution in [-0.2, 0) is 23.2 Å². The van der Waals surface area contributed by atoms with Gasteiger partial charge in [-0.25, -0.2) is 22.8 Å². The molecule has 0 spiro atoms. The summed E-state index contributed by atoms with van der Waals surface area (Å²) in [5.74, 6) is -0.560. The number of anilines is 1. The molecule has 13 heteroatoms. The Morgan fingerprint density at radius 3 is 2.44 bits per heavy atom. The number of rotatable bonds is 5. The molecule has 4 rings (SSSR count). The SMILES string of the molecule is Cc1nc(S(=O)(=O)N2C[C@H](Nc3cc(C(F)(F)F)c(Cl)cn3)[C@@H](c3ccc(F)cc3)C2)cn1C. The smallest absolute Gasteiger partial charge is 0.365 e. The summed E-state index contributed by atoms with van der Waals surface area (Å²) in [6, 6.07) is 5.66. The van der Waals surface area contributed by atoms with Crippen molar-refractivity contribution >= 4 is 27.4 Å². The van der Waals surface area contributed by atoms with E-state index in [1.54, 1.807) is 18.5 Å². The number of hydrogen-bond acceptors (Lipinski definition) is 5. The average molecular weight is 518 g/mol. The van der Waals surface area contributed by atoms with Crippen LogP contribution < -0.4 is 5.32 Å². The van der Waals surface area contributed by atoms with Crippen molar-refractivity contribution < 1.29 is 26.0 Å². The predicted molar refractivity (Wildman–Crippen MR) is 118 cm³/mol. The molecule has 7 nitrogen and oxygen atoms in total.